The van der Waals surface area contributed by atoms with E-state index in [-0.39, 0.29) is 17.3 Å². The number of hydrogen-bond donors (Lipinski definition) is 0. The van der Waals surface area contributed by atoms with E-state index in [0.717, 1.165) is 25.7 Å². The summed E-state index contributed by atoms with van der Waals surface area (Å²) in [6, 6.07) is 0. The summed E-state index contributed by atoms with van der Waals surface area (Å²) < 4.78 is 5.95. The second kappa shape index (κ2) is 4.46. The van der Waals surface area contributed by atoms with Gasteiger partial charge in [0, 0.05) is 19.6 Å². The van der Waals surface area contributed by atoms with Gasteiger partial charge in [0.1, 0.15) is 5.69 Å². The Morgan fingerprint density at radius 2 is 2.28 bits per heavy atom. The third-order valence-corrected chi connectivity index (χ3v) is 4.23. The molecule has 1 saturated carbocycles. The van der Waals surface area contributed by atoms with Crippen molar-refractivity contribution in [1.82, 2.24) is 15.0 Å². The van der Waals surface area contributed by atoms with Crippen LogP contribution in [0.25, 0.3) is 0 Å². The SMILES string of the molecule is Cn1ncc(C(=O)C2CCOC3(CCCC3)C2)n1. The average Bonchev–Trinajstić information content (AvgIpc) is 2.98. The number of rotatable bonds is 2. The van der Waals surface area contributed by atoms with Crippen LogP contribution in [0.2, 0.25) is 0 Å². The molecular formula is C13H19N3O2. The lowest BCUT2D eigenvalue weighted by Crippen LogP contribution is -2.39. The molecule has 0 N–H and O–H groups in total. The fourth-order valence-electron chi connectivity index (χ4n) is 3.29. The standard InChI is InChI=1S/C13H19N3O2/c1-16-14-9-11(15-16)12(17)10-4-7-18-13(8-10)5-2-3-6-13/h9-10H,2-8H2,1H3. The highest BCUT2D eigenvalue weighted by Crippen LogP contribution is 2.42. The Bertz CT molecular complexity index is 449. The maximum absolute atomic E-state index is 12.4. The topological polar surface area (TPSA) is 57.0 Å². The minimum Gasteiger partial charge on any atom is -0.375 e. The van der Waals surface area contributed by atoms with Crippen molar-refractivity contribution in [2.75, 3.05) is 6.61 Å². The number of carbonyl (C=O) groups excluding carboxylic acids is 1. The smallest absolute Gasteiger partial charge is 0.187 e. The summed E-state index contributed by atoms with van der Waals surface area (Å²) >= 11 is 0. The van der Waals surface area contributed by atoms with E-state index in [4.69, 9.17) is 4.74 Å². The lowest BCUT2D eigenvalue weighted by molar-refractivity contribution is -0.0866. The third-order valence-electron chi connectivity index (χ3n) is 4.23. The molecule has 0 radical (unpaired) electrons. The monoisotopic (exact) mass is 249 g/mol. The van der Waals surface area contributed by atoms with Crippen molar-refractivity contribution in [3.05, 3.63) is 11.9 Å². The van der Waals surface area contributed by atoms with Gasteiger partial charge in [0.25, 0.3) is 0 Å². The van der Waals surface area contributed by atoms with Crippen LogP contribution in [0.4, 0.5) is 0 Å². The van der Waals surface area contributed by atoms with Crippen LogP contribution in [0, 0.1) is 5.92 Å². The van der Waals surface area contributed by atoms with Gasteiger partial charge in [-0.25, -0.2) is 0 Å². The summed E-state index contributed by atoms with van der Waals surface area (Å²) in [6.45, 7) is 0.705. The van der Waals surface area contributed by atoms with Crippen molar-refractivity contribution in [2.24, 2.45) is 13.0 Å². The van der Waals surface area contributed by atoms with Gasteiger partial charge in [-0.15, -0.1) is 0 Å². The lowest BCUT2D eigenvalue weighted by Gasteiger charge is -2.37. The number of hydrogen-bond acceptors (Lipinski definition) is 4. The van der Waals surface area contributed by atoms with Crippen LogP contribution < -0.4 is 0 Å². The van der Waals surface area contributed by atoms with Crippen LogP contribution in [0.5, 0.6) is 0 Å². The molecule has 2 aliphatic rings. The van der Waals surface area contributed by atoms with Crippen LogP contribution in [0.3, 0.4) is 0 Å². The fraction of sp³-hybridized carbons (Fsp3) is 0.769. The van der Waals surface area contributed by atoms with Gasteiger partial charge in [-0.2, -0.15) is 15.0 Å². The summed E-state index contributed by atoms with van der Waals surface area (Å²) in [4.78, 5) is 13.8. The maximum atomic E-state index is 12.4. The predicted molar refractivity (Wildman–Crippen MR) is 65.2 cm³/mol. The zero-order chi connectivity index (χ0) is 12.6. The van der Waals surface area contributed by atoms with Crippen LogP contribution in [-0.4, -0.2) is 33.0 Å². The van der Waals surface area contributed by atoms with Crippen molar-refractivity contribution in [3.63, 3.8) is 0 Å². The van der Waals surface area contributed by atoms with E-state index in [2.05, 4.69) is 10.2 Å². The van der Waals surface area contributed by atoms with Crippen LogP contribution in [-0.2, 0) is 11.8 Å². The summed E-state index contributed by atoms with van der Waals surface area (Å²) in [7, 11) is 1.74. The predicted octanol–water partition coefficient (Wildman–Crippen LogP) is 1.74. The molecule has 1 spiro atoms. The van der Waals surface area contributed by atoms with E-state index < -0.39 is 0 Å². The molecule has 5 heteroatoms. The minimum absolute atomic E-state index is 0.0131. The van der Waals surface area contributed by atoms with E-state index in [0.29, 0.717) is 12.3 Å². The molecule has 18 heavy (non-hydrogen) atoms. The summed E-state index contributed by atoms with van der Waals surface area (Å²) in [5, 5.41) is 8.09. The van der Waals surface area contributed by atoms with Crippen LogP contribution >= 0.6 is 0 Å². The molecule has 1 aromatic rings. The molecule has 5 nitrogen and oxygen atoms in total. The second-order valence-corrected chi connectivity index (χ2v) is 5.51. The molecule has 1 aliphatic heterocycles. The second-order valence-electron chi connectivity index (χ2n) is 5.51. The number of ether oxygens (including phenoxy) is 1. The van der Waals surface area contributed by atoms with E-state index in [1.165, 1.54) is 17.6 Å². The summed E-state index contributed by atoms with van der Waals surface area (Å²) in [5.41, 5.74) is 0.485. The molecule has 98 valence electrons. The average molecular weight is 249 g/mol. The van der Waals surface area contributed by atoms with E-state index >= 15 is 0 Å². The van der Waals surface area contributed by atoms with Crippen molar-refractivity contribution in [1.29, 1.82) is 0 Å². The van der Waals surface area contributed by atoms with Crippen molar-refractivity contribution < 1.29 is 9.53 Å². The van der Waals surface area contributed by atoms with E-state index in [1.807, 2.05) is 0 Å². The molecule has 3 rings (SSSR count). The molecule has 1 aromatic heterocycles. The Morgan fingerprint density at radius 1 is 1.50 bits per heavy atom. The summed E-state index contributed by atoms with van der Waals surface area (Å²) in [6.07, 6.45) is 7.92. The van der Waals surface area contributed by atoms with Crippen LogP contribution in [0.1, 0.15) is 49.0 Å². The largest absolute Gasteiger partial charge is 0.375 e. The zero-order valence-corrected chi connectivity index (χ0v) is 10.8. The van der Waals surface area contributed by atoms with Gasteiger partial charge >= 0.3 is 0 Å². The molecule has 1 unspecified atom stereocenters. The number of aromatic nitrogens is 3. The first-order valence-corrected chi connectivity index (χ1v) is 6.73. The molecule has 2 heterocycles. The first kappa shape index (κ1) is 11.8. The Balaban J connectivity index is 1.74. The molecule has 1 atom stereocenters. The quantitative estimate of drug-likeness (QED) is 0.749. The number of ketones is 1. The molecule has 1 saturated heterocycles. The molecule has 0 bridgehead atoms. The highest BCUT2D eigenvalue weighted by atomic mass is 16.5. The van der Waals surface area contributed by atoms with E-state index in [9.17, 15) is 4.79 Å². The van der Waals surface area contributed by atoms with Crippen LogP contribution in [0.15, 0.2) is 6.20 Å². The first-order chi connectivity index (χ1) is 8.69. The molecular weight excluding hydrogens is 230 g/mol. The van der Waals surface area contributed by atoms with Crippen molar-refractivity contribution in [2.45, 2.75) is 44.1 Å². The molecule has 0 amide bonds. The number of Topliss-reactive ketones (excluding diaryl/α,β-unsaturated/α-hetero) is 1. The Morgan fingerprint density at radius 3 is 2.94 bits per heavy atom. The van der Waals surface area contributed by atoms with Gasteiger partial charge in [0.05, 0.1) is 11.8 Å². The van der Waals surface area contributed by atoms with Gasteiger partial charge in [0.15, 0.2) is 5.78 Å². The number of nitrogens with zero attached hydrogens (tertiary/aromatic N) is 3. The third kappa shape index (κ3) is 2.07. The number of carbonyl (C=O) groups is 1. The number of aryl methyl sites for hydroxylation is 1. The van der Waals surface area contributed by atoms with Gasteiger partial charge in [-0.05, 0) is 25.7 Å². The molecule has 1 aliphatic carbocycles. The maximum Gasteiger partial charge on any atom is 0.187 e. The summed E-state index contributed by atoms with van der Waals surface area (Å²) in [5.74, 6) is 0.200. The van der Waals surface area contributed by atoms with Crippen molar-refractivity contribution >= 4 is 5.78 Å². The highest BCUT2D eigenvalue weighted by molar-refractivity contribution is 5.95. The van der Waals surface area contributed by atoms with Gasteiger partial charge in [-0.3, -0.25) is 4.79 Å². The first-order valence-electron chi connectivity index (χ1n) is 6.73. The van der Waals surface area contributed by atoms with Gasteiger partial charge in [0.2, 0.25) is 0 Å². The zero-order valence-electron chi connectivity index (χ0n) is 10.8. The Kier molecular flexibility index (Phi) is 2.93. The highest BCUT2D eigenvalue weighted by Gasteiger charge is 2.42. The Labute approximate surface area is 107 Å². The lowest BCUT2D eigenvalue weighted by atomic mass is 9.82. The fourth-order valence-corrected chi connectivity index (χ4v) is 3.29. The Hall–Kier alpha value is -1.23. The van der Waals surface area contributed by atoms with E-state index in [1.54, 1.807) is 13.2 Å². The van der Waals surface area contributed by atoms with Gasteiger partial charge < -0.3 is 4.74 Å². The molecule has 2 fully saturated rings. The molecule has 0 aromatic carbocycles. The van der Waals surface area contributed by atoms with Crippen molar-refractivity contribution in [3.8, 4) is 0 Å². The minimum atomic E-state index is -0.0131. The normalized spacial score (nSPS) is 26.6. The van der Waals surface area contributed by atoms with Gasteiger partial charge in [-0.1, -0.05) is 12.8 Å².